The summed E-state index contributed by atoms with van der Waals surface area (Å²) in [5.41, 5.74) is 1.44. The third kappa shape index (κ3) is 4.06. The van der Waals surface area contributed by atoms with Gasteiger partial charge in [-0.3, -0.25) is 4.79 Å². The fourth-order valence-electron chi connectivity index (χ4n) is 1.91. The van der Waals surface area contributed by atoms with Crippen molar-refractivity contribution in [1.82, 2.24) is 4.90 Å². The molecule has 0 saturated carbocycles. The van der Waals surface area contributed by atoms with Crippen molar-refractivity contribution in [3.8, 4) is 0 Å². The highest BCUT2D eigenvalue weighted by molar-refractivity contribution is 8.13. The lowest BCUT2D eigenvalue weighted by Crippen LogP contribution is -2.26. The molecule has 0 atom stereocenters. The summed E-state index contributed by atoms with van der Waals surface area (Å²) in [5.74, 6) is -0.183. The Labute approximate surface area is 128 Å². The maximum absolute atomic E-state index is 12.3. The van der Waals surface area contributed by atoms with Crippen LogP contribution in [0.3, 0.4) is 0 Å². The van der Waals surface area contributed by atoms with Crippen molar-refractivity contribution in [2.24, 2.45) is 0 Å². The normalized spacial score (nSPS) is 11.1. The predicted molar refractivity (Wildman–Crippen MR) is 81.7 cm³/mol. The van der Waals surface area contributed by atoms with Crippen LogP contribution in [0.5, 0.6) is 0 Å². The van der Waals surface area contributed by atoms with Crippen molar-refractivity contribution >= 4 is 25.6 Å². The number of hydrogen-bond donors (Lipinski definition) is 0. The summed E-state index contributed by atoms with van der Waals surface area (Å²) in [4.78, 5) is 13.8. The first-order valence-corrected chi connectivity index (χ1v) is 8.53. The number of hydrogen-bond acceptors (Lipinski definition) is 3. The SMILES string of the molecule is CN(Cc1ccccc1)C(=O)c1ccc(S(=O)(=O)Cl)cc1. The van der Waals surface area contributed by atoms with Crippen LogP contribution in [0, 0.1) is 0 Å². The topological polar surface area (TPSA) is 54.5 Å². The Kier molecular flexibility index (Phi) is 4.65. The number of amides is 1. The zero-order valence-electron chi connectivity index (χ0n) is 11.4. The van der Waals surface area contributed by atoms with Crippen LogP contribution >= 0.6 is 10.7 Å². The second-order valence-electron chi connectivity index (χ2n) is 4.61. The molecule has 0 bridgehead atoms. The Hall–Kier alpha value is -1.85. The smallest absolute Gasteiger partial charge is 0.261 e. The molecular weight excluding hydrogens is 310 g/mol. The van der Waals surface area contributed by atoms with E-state index in [1.54, 1.807) is 11.9 Å². The maximum Gasteiger partial charge on any atom is 0.261 e. The van der Waals surface area contributed by atoms with Crippen molar-refractivity contribution in [2.45, 2.75) is 11.4 Å². The molecule has 21 heavy (non-hydrogen) atoms. The summed E-state index contributed by atoms with van der Waals surface area (Å²) in [5, 5.41) is 0. The third-order valence-corrected chi connectivity index (χ3v) is 4.36. The van der Waals surface area contributed by atoms with Crippen LogP contribution in [-0.4, -0.2) is 26.3 Å². The van der Waals surface area contributed by atoms with E-state index < -0.39 is 9.05 Å². The first kappa shape index (κ1) is 15.5. The summed E-state index contributed by atoms with van der Waals surface area (Å²) in [6.07, 6.45) is 0. The van der Waals surface area contributed by atoms with E-state index in [2.05, 4.69) is 0 Å². The van der Waals surface area contributed by atoms with Gasteiger partial charge < -0.3 is 4.90 Å². The minimum Gasteiger partial charge on any atom is -0.337 e. The van der Waals surface area contributed by atoms with E-state index in [9.17, 15) is 13.2 Å². The Morgan fingerprint density at radius 2 is 1.62 bits per heavy atom. The molecule has 0 aliphatic carbocycles. The average molecular weight is 324 g/mol. The predicted octanol–water partition coefficient (Wildman–Crippen LogP) is 2.89. The van der Waals surface area contributed by atoms with Gasteiger partial charge in [-0.15, -0.1) is 0 Å². The minimum absolute atomic E-state index is 0.0218. The Balaban J connectivity index is 2.13. The molecule has 0 N–H and O–H groups in total. The van der Waals surface area contributed by atoms with Gasteiger partial charge in [-0.25, -0.2) is 8.42 Å². The molecular formula is C15H14ClNO3S. The van der Waals surface area contributed by atoms with Gasteiger partial charge in [0.15, 0.2) is 0 Å². The molecule has 0 fully saturated rings. The second-order valence-corrected chi connectivity index (χ2v) is 7.17. The summed E-state index contributed by atoms with van der Waals surface area (Å²) < 4.78 is 22.3. The van der Waals surface area contributed by atoms with Gasteiger partial charge in [0.1, 0.15) is 0 Å². The Morgan fingerprint density at radius 3 is 2.14 bits per heavy atom. The number of halogens is 1. The highest BCUT2D eigenvalue weighted by atomic mass is 35.7. The van der Waals surface area contributed by atoms with E-state index in [1.807, 2.05) is 30.3 Å². The molecule has 0 radical (unpaired) electrons. The average Bonchev–Trinajstić information content (AvgIpc) is 2.46. The summed E-state index contributed by atoms with van der Waals surface area (Å²) in [6.45, 7) is 0.481. The summed E-state index contributed by atoms with van der Waals surface area (Å²) >= 11 is 0. The van der Waals surface area contributed by atoms with Gasteiger partial charge in [-0.1, -0.05) is 30.3 Å². The van der Waals surface area contributed by atoms with Crippen LogP contribution in [-0.2, 0) is 15.6 Å². The van der Waals surface area contributed by atoms with Gasteiger partial charge in [0.2, 0.25) is 0 Å². The first-order chi connectivity index (χ1) is 9.88. The lowest BCUT2D eigenvalue weighted by molar-refractivity contribution is 0.0785. The number of carbonyl (C=O) groups is 1. The second kappa shape index (κ2) is 6.28. The quantitative estimate of drug-likeness (QED) is 0.813. The molecule has 4 nitrogen and oxygen atoms in total. The molecule has 1 amide bonds. The van der Waals surface area contributed by atoms with Crippen LogP contribution in [0.4, 0.5) is 0 Å². The molecule has 0 aliphatic heterocycles. The fraction of sp³-hybridized carbons (Fsp3) is 0.133. The molecule has 0 unspecified atom stereocenters. The lowest BCUT2D eigenvalue weighted by Gasteiger charge is -2.17. The van der Waals surface area contributed by atoms with Crippen molar-refractivity contribution < 1.29 is 13.2 Å². The van der Waals surface area contributed by atoms with Crippen LogP contribution in [0.15, 0.2) is 59.5 Å². The molecule has 110 valence electrons. The highest BCUT2D eigenvalue weighted by Gasteiger charge is 2.14. The molecule has 2 aromatic rings. The molecule has 0 aromatic heterocycles. The van der Waals surface area contributed by atoms with E-state index in [4.69, 9.17) is 10.7 Å². The van der Waals surface area contributed by atoms with E-state index in [0.29, 0.717) is 12.1 Å². The van der Waals surface area contributed by atoms with Gasteiger partial charge in [-0.05, 0) is 29.8 Å². The monoisotopic (exact) mass is 323 g/mol. The van der Waals surface area contributed by atoms with Crippen LogP contribution in [0.1, 0.15) is 15.9 Å². The molecule has 0 heterocycles. The molecule has 6 heteroatoms. The van der Waals surface area contributed by atoms with Gasteiger partial charge in [0, 0.05) is 29.8 Å². The Morgan fingerprint density at radius 1 is 1.05 bits per heavy atom. The molecule has 0 saturated heterocycles. The van der Waals surface area contributed by atoms with Crippen LogP contribution < -0.4 is 0 Å². The first-order valence-electron chi connectivity index (χ1n) is 6.22. The zero-order chi connectivity index (χ0) is 15.5. The molecule has 0 spiro atoms. The third-order valence-electron chi connectivity index (χ3n) is 2.99. The van der Waals surface area contributed by atoms with Crippen LogP contribution in [0.25, 0.3) is 0 Å². The van der Waals surface area contributed by atoms with Crippen molar-refractivity contribution in [3.05, 3.63) is 65.7 Å². The largest absolute Gasteiger partial charge is 0.337 e. The standard InChI is InChI=1S/C15H14ClNO3S/c1-17(11-12-5-3-2-4-6-12)15(18)13-7-9-14(10-8-13)21(16,19)20/h2-10H,11H2,1H3. The van der Waals surface area contributed by atoms with Crippen LogP contribution in [0.2, 0.25) is 0 Å². The minimum atomic E-state index is -3.77. The van der Waals surface area contributed by atoms with Gasteiger partial charge >= 0.3 is 0 Å². The van der Waals surface area contributed by atoms with Crippen molar-refractivity contribution in [1.29, 1.82) is 0 Å². The molecule has 0 aliphatic rings. The number of rotatable bonds is 4. The van der Waals surface area contributed by atoms with Gasteiger partial charge in [0.25, 0.3) is 15.0 Å². The maximum atomic E-state index is 12.3. The van der Waals surface area contributed by atoms with E-state index in [1.165, 1.54) is 24.3 Å². The fourth-order valence-corrected chi connectivity index (χ4v) is 2.68. The highest BCUT2D eigenvalue weighted by Crippen LogP contribution is 2.16. The lowest BCUT2D eigenvalue weighted by atomic mass is 10.1. The molecule has 2 rings (SSSR count). The van der Waals surface area contributed by atoms with E-state index in [0.717, 1.165) is 5.56 Å². The summed E-state index contributed by atoms with van der Waals surface area (Å²) in [7, 11) is 3.17. The molecule has 2 aromatic carbocycles. The van der Waals surface area contributed by atoms with Gasteiger partial charge in [-0.2, -0.15) is 0 Å². The Bertz CT molecular complexity index is 727. The van der Waals surface area contributed by atoms with Gasteiger partial charge in [0.05, 0.1) is 4.90 Å². The number of nitrogens with zero attached hydrogens (tertiary/aromatic N) is 1. The van der Waals surface area contributed by atoms with Crippen molar-refractivity contribution in [3.63, 3.8) is 0 Å². The number of benzene rings is 2. The van der Waals surface area contributed by atoms with Crippen molar-refractivity contribution in [2.75, 3.05) is 7.05 Å². The van der Waals surface area contributed by atoms with E-state index >= 15 is 0 Å². The summed E-state index contributed by atoms with van der Waals surface area (Å²) in [6, 6.07) is 15.2. The zero-order valence-corrected chi connectivity index (χ0v) is 12.9. The number of carbonyl (C=O) groups excluding carboxylic acids is 1. The van der Waals surface area contributed by atoms with E-state index in [-0.39, 0.29) is 10.8 Å².